The molecule has 3 amide bonds. The van der Waals surface area contributed by atoms with Gasteiger partial charge >= 0.3 is 6.03 Å². The molecule has 0 saturated carbocycles. The summed E-state index contributed by atoms with van der Waals surface area (Å²) in [5, 5.41) is 6.60. The molecule has 0 aromatic rings. The highest BCUT2D eigenvalue weighted by molar-refractivity contribution is 5.85. The van der Waals surface area contributed by atoms with Crippen LogP contribution in [0.15, 0.2) is 0 Å². The summed E-state index contributed by atoms with van der Waals surface area (Å²) in [4.78, 5) is 29.1. The molecule has 2 N–H and O–H groups in total. The third-order valence-electron chi connectivity index (χ3n) is 5.55. The van der Waals surface area contributed by atoms with E-state index >= 15 is 0 Å². The maximum absolute atomic E-state index is 13.0. The van der Waals surface area contributed by atoms with Crippen molar-refractivity contribution in [2.75, 3.05) is 32.7 Å². The Morgan fingerprint density at radius 3 is 2.56 bits per heavy atom. The summed E-state index contributed by atoms with van der Waals surface area (Å²) in [6, 6.07) is 1.05. The molecule has 3 atom stereocenters. The van der Waals surface area contributed by atoms with Crippen LogP contribution in [0.5, 0.6) is 0 Å². The molecule has 0 spiro atoms. The number of hydrogen-bond donors (Lipinski definition) is 2. The second kappa shape index (κ2) is 9.08. The van der Waals surface area contributed by atoms with Crippen LogP contribution in [0.25, 0.3) is 0 Å². The number of likely N-dealkylation sites (tertiary alicyclic amines) is 2. The molecule has 3 unspecified atom stereocenters. The summed E-state index contributed by atoms with van der Waals surface area (Å²) in [6.45, 7) is 7.90. The van der Waals surface area contributed by atoms with Crippen molar-refractivity contribution in [3.63, 3.8) is 0 Å². The van der Waals surface area contributed by atoms with Crippen LogP contribution in [-0.2, 0) is 4.79 Å². The quantitative estimate of drug-likeness (QED) is 0.794. The lowest BCUT2D eigenvalue weighted by Crippen LogP contribution is -2.51. The zero-order chi connectivity index (χ0) is 17.1. The van der Waals surface area contributed by atoms with Gasteiger partial charge < -0.3 is 20.4 Å². The van der Waals surface area contributed by atoms with E-state index in [0.29, 0.717) is 31.1 Å². The number of hydrogen-bond acceptors (Lipinski definition) is 3. The first-order valence-corrected chi connectivity index (χ1v) is 9.60. The molecule has 3 heterocycles. The van der Waals surface area contributed by atoms with Gasteiger partial charge in [-0.15, -0.1) is 12.4 Å². The summed E-state index contributed by atoms with van der Waals surface area (Å²) in [6.07, 6.45) is 5.32. The van der Waals surface area contributed by atoms with Gasteiger partial charge in [-0.3, -0.25) is 4.79 Å². The maximum atomic E-state index is 13.0. The summed E-state index contributed by atoms with van der Waals surface area (Å²) >= 11 is 0. The highest BCUT2D eigenvalue weighted by Crippen LogP contribution is 2.24. The van der Waals surface area contributed by atoms with Crippen LogP contribution in [-0.4, -0.2) is 66.5 Å². The lowest BCUT2D eigenvalue weighted by Gasteiger charge is -2.35. The highest BCUT2D eigenvalue weighted by Gasteiger charge is 2.35. The first-order chi connectivity index (χ1) is 11.5. The summed E-state index contributed by atoms with van der Waals surface area (Å²) in [5.74, 6) is 0.669. The Hall–Kier alpha value is -1.01. The van der Waals surface area contributed by atoms with E-state index in [1.165, 1.54) is 12.8 Å². The van der Waals surface area contributed by atoms with Gasteiger partial charge in [-0.2, -0.15) is 0 Å². The van der Waals surface area contributed by atoms with Crippen molar-refractivity contribution in [2.45, 2.75) is 58.0 Å². The molecule has 6 nitrogen and oxygen atoms in total. The second-order valence-electron chi connectivity index (χ2n) is 8.08. The minimum atomic E-state index is -0.0276. The van der Waals surface area contributed by atoms with Crippen molar-refractivity contribution >= 4 is 24.3 Å². The van der Waals surface area contributed by atoms with Crippen molar-refractivity contribution in [1.82, 2.24) is 20.4 Å². The number of piperidine rings is 1. The predicted molar refractivity (Wildman–Crippen MR) is 101 cm³/mol. The standard InChI is InChI=1S/C18H32N4O2.ClH/c1-13(2)10-19-18(24)22-8-3-4-14(11-22)17(23)21-9-7-15-5-6-16(12-21)20-15;/h13-16,20H,3-12H2,1-2H3,(H,19,24);1H. The van der Waals surface area contributed by atoms with E-state index in [2.05, 4.69) is 29.4 Å². The number of rotatable bonds is 3. The van der Waals surface area contributed by atoms with Gasteiger partial charge in [0.1, 0.15) is 0 Å². The van der Waals surface area contributed by atoms with Crippen LogP contribution in [0.4, 0.5) is 4.79 Å². The molecule has 0 aromatic carbocycles. The van der Waals surface area contributed by atoms with Crippen LogP contribution in [0.3, 0.4) is 0 Å². The van der Waals surface area contributed by atoms with Gasteiger partial charge in [-0.25, -0.2) is 4.79 Å². The molecule has 3 saturated heterocycles. The molecule has 2 bridgehead atoms. The predicted octanol–water partition coefficient (Wildman–Crippen LogP) is 1.84. The van der Waals surface area contributed by atoms with Crippen molar-refractivity contribution in [1.29, 1.82) is 0 Å². The Kier molecular flexibility index (Phi) is 7.37. The molecular weight excluding hydrogens is 340 g/mol. The Balaban J connectivity index is 0.00000225. The molecule has 25 heavy (non-hydrogen) atoms. The fourth-order valence-electron chi connectivity index (χ4n) is 4.17. The number of nitrogens with one attached hydrogen (secondary N) is 2. The Morgan fingerprint density at radius 2 is 1.80 bits per heavy atom. The first kappa shape index (κ1) is 20.3. The van der Waals surface area contributed by atoms with Gasteiger partial charge in [-0.05, 0) is 38.0 Å². The van der Waals surface area contributed by atoms with Gasteiger partial charge in [0.05, 0.1) is 5.92 Å². The molecule has 3 aliphatic rings. The molecule has 3 aliphatic heterocycles. The number of fused-ring (bicyclic) bond motifs is 2. The van der Waals surface area contributed by atoms with Gasteiger partial charge in [0.2, 0.25) is 5.91 Å². The summed E-state index contributed by atoms with van der Waals surface area (Å²) in [5.41, 5.74) is 0. The zero-order valence-electron chi connectivity index (χ0n) is 15.5. The number of halogens is 1. The summed E-state index contributed by atoms with van der Waals surface area (Å²) in [7, 11) is 0. The normalized spacial score (nSPS) is 29.2. The van der Waals surface area contributed by atoms with Crippen LogP contribution < -0.4 is 10.6 Å². The number of nitrogens with zero attached hydrogens (tertiary/aromatic N) is 2. The number of carbonyl (C=O) groups excluding carboxylic acids is 2. The number of amides is 3. The van der Waals surface area contributed by atoms with E-state index in [9.17, 15) is 9.59 Å². The molecule has 3 fully saturated rings. The number of carbonyl (C=O) groups is 2. The molecule has 0 radical (unpaired) electrons. The van der Waals surface area contributed by atoms with E-state index in [4.69, 9.17) is 0 Å². The average molecular weight is 373 g/mol. The van der Waals surface area contributed by atoms with Gasteiger partial charge in [-0.1, -0.05) is 13.8 Å². The van der Waals surface area contributed by atoms with Gasteiger partial charge in [0.25, 0.3) is 0 Å². The summed E-state index contributed by atoms with van der Waals surface area (Å²) < 4.78 is 0. The second-order valence-corrected chi connectivity index (χ2v) is 8.08. The lowest BCUT2D eigenvalue weighted by molar-refractivity contribution is -0.137. The molecule has 3 rings (SSSR count). The lowest BCUT2D eigenvalue weighted by atomic mass is 9.96. The van der Waals surface area contributed by atoms with Gasteiger partial charge in [0, 0.05) is 44.8 Å². The molecule has 0 aliphatic carbocycles. The smallest absolute Gasteiger partial charge is 0.317 e. The fourth-order valence-corrected chi connectivity index (χ4v) is 4.17. The largest absolute Gasteiger partial charge is 0.341 e. The number of urea groups is 1. The third kappa shape index (κ3) is 5.23. The highest BCUT2D eigenvalue weighted by atomic mass is 35.5. The molecule has 0 aromatic heterocycles. The minimum absolute atomic E-state index is 0. The molecular formula is C18H33ClN4O2. The third-order valence-corrected chi connectivity index (χ3v) is 5.55. The van der Waals surface area contributed by atoms with Crippen molar-refractivity contribution in [2.24, 2.45) is 11.8 Å². The van der Waals surface area contributed by atoms with Crippen molar-refractivity contribution in [3.8, 4) is 0 Å². The van der Waals surface area contributed by atoms with Crippen molar-refractivity contribution < 1.29 is 9.59 Å². The van der Waals surface area contributed by atoms with Crippen molar-refractivity contribution in [3.05, 3.63) is 0 Å². The van der Waals surface area contributed by atoms with E-state index in [-0.39, 0.29) is 30.3 Å². The Labute approximate surface area is 157 Å². The first-order valence-electron chi connectivity index (χ1n) is 9.60. The van der Waals surface area contributed by atoms with E-state index < -0.39 is 0 Å². The van der Waals surface area contributed by atoms with Gasteiger partial charge in [0.15, 0.2) is 0 Å². The zero-order valence-corrected chi connectivity index (χ0v) is 16.3. The molecule has 7 heteroatoms. The minimum Gasteiger partial charge on any atom is -0.341 e. The average Bonchev–Trinajstić information content (AvgIpc) is 2.91. The Bertz CT molecular complexity index is 474. The Morgan fingerprint density at radius 1 is 1.04 bits per heavy atom. The van der Waals surface area contributed by atoms with E-state index in [1.807, 2.05) is 4.90 Å². The fraction of sp³-hybridized carbons (Fsp3) is 0.889. The SMILES string of the molecule is CC(C)CNC(=O)N1CCCC(C(=O)N2CCC3CCC(C2)N3)C1.Cl. The van der Waals surface area contributed by atoms with E-state index in [1.54, 1.807) is 0 Å². The monoisotopic (exact) mass is 372 g/mol. The van der Waals surface area contributed by atoms with Crippen LogP contribution in [0.2, 0.25) is 0 Å². The maximum Gasteiger partial charge on any atom is 0.317 e. The molecule has 144 valence electrons. The van der Waals surface area contributed by atoms with E-state index in [0.717, 1.165) is 38.9 Å². The van der Waals surface area contributed by atoms with Crippen LogP contribution in [0.1, 0.15) is 46.0 Å². The van der Waals surface area contributed by atoms with Crippen LogP contribution in [0, 0.1) is 11.8 Å². The topological polar surface area (TPSA) is 64.7 Å². The van der Waals surface area contributed by atoms with Crippen LogP contribution >= 0.6 is 12.4 Å².